The number of halogens is 1. The maximum Gasteiger partial charge on any atom is 0.178 e. The van der Waals surface area contributed by atoms with Crippen LogP contribution in [0.2, 0.25) is 0 Å². The van der Waals surface area contributed by atoms with Crippen molar-refractivity contribution >= 4 is 23.9 Å². The van der Waals surface area contributed by atoms with Crippen molar-refractivity contribution < 1.29 is 10.0 Å². The van der Waals surface area contributed by atoms with Crippen molar-refractivity contribution in [3.8, 4) is 0 Å². The predicted octanol–water partition coefficient (Wildman–Crippen LogP) is 1.31. The lowest BCUT2D eigenvalue weighted by atomic mass is 10.1. The van der Waals surface area contributed by atoms with E-state index < -0.39 is 0 Å². The third-order valence-corrected chi connectivity index (χ3v) is 2.35. The quantitative estimate of drug-likeness (QED) is 0.443. The van der Waals surface area contributed by atoms with Crippen molar-refractivity contribution in [1.29, 1.82) is 0 Å². The molecule has 0 atom stereocenters. The largest absolute Gasteiger partial charge is 0.411 e. The molecule has 1 aliphatic heterocycles. The Balaban J connectivity index is 0.00000169. The summed E-state index contributed by atoms with van der Waals surface area (Å²) >= 11 is 0. The molecule has 14 heavy (non-hydrogen) atoms. The van der Waals surface area contributed by atoms with Crippen LogP contribution in [0.15, 0.2) is 5.16 Å². The van der Waals surface area contributed by atoms with E-state index in [0.717, 1.165) is 13.1 Å². The summed E-state index contributed by atoms with van der Waals surface area (Å²) in [6.07, 6.45) is 3.62. The van der Waals surface area contributed by atoms with Gasteiger partial charge < -0.3 is 5.21 Å². The maximum atomic E-state index is 10.9. The van der Waals surface area contributed by atoms with Crippen molar-refractivity contribution in [2.75, 3.05) is 19.6 Å². The zero-order valence-electron chi connectivity index (χ0n) is 8.40. The van der Waals surface area contributed by atoms with E-state index in [-0.39, 0.29) is 23.9 Å². The number of carbonyl (C=O) groups excluding carboxylic acids is 1. The van der Waals surface area contributed by atoms with E-state index in [1.807, 2.05) is 0 Å². The van der Waals surface area contributed by atoms with Crippen LogP contribution in [0.5, 0.6) is 0 Å². The summed E-state index contributed by atoms with van der Waals surface area (Å²) in [6, 6.07) is 0. The van der Waals surface area contributed by atoms with Gasteiger partial charge in [-0.25, -0.2) is 0 Å². The Labute approximate surface area is 90.4 Å². The van der Waals surface area contributed by atoms with E-state index in [9.17, 15) is 4.79 Å². The van der Waals surface area contributed by atoms with Crippen molar-refractivity contribution in [2.45, 2.75) is 26.2 Å². The fourth-order valence-electron chi connectivity index (χ4n) is 1.54. The van der Waals surface area contributed by atoms with Gasteiger partial charge in [0.2, 0.25) is 0 Å². The molecular formula is C9H17ClN2O2. The van der Waals surface area contributed by atoms with Gasteiger partial charge in [-0.1, -0.05) is 11.6 Å². The van der Waals surface area contributed by atoms with Crippen LogP contribution in [0.1, 0.15) is 26.2 Å². The molecule has 1 fully saturated rings. The monoisotopic (exact) mass is 220 g/mol. The summed E-state index contributed by atoms with van der Waals surface area (Å²) in [5.74, 6) is -0.145. The fraction of sp³-hybridized carbons (Fsp3) is 0.778. The van der Waals surface area contributed by atoms with Crippen LogP contribution < -0.4 is 0 Å². The van der Waals surface area contributed by atoms with E-state index in [2.05, 4.69) is 10.1 Å². The molecule has 1 heterocycles. The molecule has 82 valence electrons. The Hall–Kier alpha value is -0.610. The highest BCUT2D eigenvalue weighted by molar-refractivity contribution is 6.39. The van der Waals surface area contributed by atoms with E-state index in [0.29, 0.717) is 6.54 Å². The zero-order chi connectivity index (χ0) is 9.68. The van der Waals surface area contributed by atoms with Gasteiger partial charge in [-0.15, -0.1) is 12.4 Å². The lowest BCUT2D eigenvalue weighted by Gasteiger charge is -2.25. The van der Waals surface area contributed by atoms with Crippen molar-refractivity contribution in [3.63, 3.8) is 0 Å². The number of hydrogen-bond donors (Lipinski definition) is 1. The number of nitrogens with zero attached hydrogens (tertiary/aromatic N) is 2. The summed E-state index contributed by atoms with van der Waals surface area (Å²) in [6.45, 7) is 3.93. The molecule has 0 amide bonds. The molecule has 1 rings (SSSR count). The SMILES string of the molecule is CC(=O)C(CN1CCCCC1)=NO.Cl. The van der Waals surface area contributed by atoms with Crippen LogP contribution in [0, 0.1) is 0 Å². The summed E-state index contributed by atoms with van der Waals surface area (Å²) < 4.78 is 0. The number of ketones is 1. The molecule has 1 N–H and O–H groups in total. The average Bonchev–Trinajstić information content (AvgIpc) is 2.15. The number of hydrogen-bond acceptors (Lipinski definition) is 4. The first kappa shape index (κ1) is 13.4. The van der Waals surface area contributed by atoms with Crippen molar-refractivity contribution in [3.05, 3.63) is 0 Å². The van der Waals surface area contributed by atoms with Gasteiger partial charge in [-0.3, -0.25) is 9.69 Å². The number of oxime groups is 1. The first-order valence-electron chi connectivity index (χ1n) is 4.68. The van der Waals surface area contributed by atoms with Crippen LogP contribution in [-0.2, 0) is 4.79 Å². The minimum atomic E-state index is -0.145. The number of carbonyl (C=O) groups is 1. The molecule has 0 bridgehead atoms. The van der Waals surface area contributed by atoms with Gasteiger partial charge in [0.25, 0.3) is 0 Å². The van der Waals surface area contributed by atoms with Gasteiger partial charge in [-0.2, -0.15) is 0 Å². The van der Waals surface area contributed by atoms with E-state index in [4.69, 9.17) is 5.21 Å². The molecule has 5 heteroatoms. The molecule has 0 aromatic rings. The standard InChI is InChI=1S/C9H16N2O2.ClH/c1-8(12)9(10-13)7-11-5-3-2-4-6-11;/h13H,2-7H2,1H3;1H. The third-order valence-electron chi connectivity index (χ3n) is 2.35. The van der Waals surface area contributed by atoms with Gasteiger partial charge >= 0.3 is 0 Å². The smallest absolute Gasteiger partial charge is 0.178 e. The van der Waals surface area contributed by atoms with Crippen LogP contribution in [-0.4, -0.2) is 41.2 Å². The first-order chi connectivity index (χ1) is 6.24. The number of piperidine rings is 1. The number of rotatable bonds is 3. The molecule has 4 nitrogen and oxygen atoms in total. The lowest BCUT2D eigenvalue weighted by Crippen LogP contribution is -2.36. The molecular weight excluding hydrogens is 204 g/mol. The summed E-state index contributed by atoms with van der Waals surface area (Å²) in [5, 5.41) is 11.6. The third kappa shape index (κ3) is 4.07. The average molecular weight is 221 g/mol. The molecule has 0 unspecified atom stereocenters. The molecule has 1 aliphatic rings. The van der Waals surface area contributed by atoms with Crippen molar-refractivity contribution in [2.24, 2.45) is 5.16 Å². The second-order valence-corrected chi connectivity index (χ2v) is 3.44. The Morgan fingerprint density at radius 2 is 1.93 bits per heavy atom. The van der Waals surface area contributed by atoms with Crippen LogP contribution in [0.3, 0.4) is 0 Å². The summed E-state index contributed by atoms with van der Waals surface area (Å²) in [7, 11) is 0. The summed E-state index contributed by atoms with van der Waals surface area (Å²) in [4.78, 5) is 13.1. The first-order valence-corrected chi connectivity index (χ1v) is 4.68. The maximum absolute atomic E-state index is 10.9. The van der Waals surface area contributed by atoms with Gasteiger partial charge in [0.1, 0.15) is 5.71 Å². The minimum absolute atomic E-state index is 0. The molecule has 0 spiro atoms. The van der Waals surface area contributed by atoms with Crippen LogP contribution in [0.25, 0.3) is 0 Å². The highest BCUT2D eigenvalue weighted by Crippen LogP contribution is 2.08. The second kappa shape index (κ2) is 6.79. The van der Waals surface area contributed by atoms with Crippen LogP contribution in [0.4, 0.5) is 0 Å². The zero-order valence-corrected chi connectivity index (χ0v) is 9.22. The Kier molecular flexibility index (Phi) is 6.49. The van der Waals surface area contributed by atoms with Gasteiger partial charge in [0, 0.05) is 13.5 Å². The normalized spacial score (nSPS) is 18.8. The molecule has 0 aromatic heterocycles. The molecule has 0 radical (unpaired) electrons. The van der Waals surface area contributed by atoms with E-state index >= 15 is 0 Å². The fourth-order valence-corrected chi connectivity index (χ4v) is 1.54. The van der Waals surface area contributed by atoms with Crippen molar-refractivity contribution in [1.82, 2.24) is 4.90 Å². The molecule has 0 aromatic carbocycles. The lowest BCUT2D eigenvalue weighted by molar-refractivity contribution is -0.111. The number of likely N-dealkylation sites (tertiary alicyclic amines) is 1. The topological polar surface area (TPSA) is 52.9 Å². The molecule has 0 aliphatic carbocycles. The highest BCUT2D eigenvalue weighted by Gasteiger charge is 2.15. The summed E-state index contributed by atoms with van der Waals surface area (Å²) in [5.41, 5.74) is 0.266. The number of Topliss-reactive ketones (excluding diaryl/α,β-unsaturated/α-hetero) is 1. The molecule has 1 saturated heterocycles. The Bertz CT molecular complexity index is 213. The van der Waals surface area contributed by atoms with Gasteiger partial charge in [0.05, 0.1) is 0 Å². The predicted molar refractivity (Wildman–Crippen MR) is 57.4 cm³/mol. The highest BCUT2D eigenvalue weighted by atomic mass is 35.5. The van der Waals surface area contributed by atoms with E-state index in [1.54, 1.807) is 0 Å². The van der Waals surface area contributed by atoms with E-state index in [1.165, 1.54) is 26.2 Å². The van der Waals surface area contributed by atoms with Crippen LogP contribution >= 0.6 is 12.4 Å². The Morgan fingerprint density at radius 3 is 2.36 bits per heavy atom. The molecule has 0 saturated carbocycles. The minimum Gasteiger partial charge on any atom is -0.411 e. The van der Waals surface area contributed by atoms with Gasteiger partial charge in [0.15, 0.2) is 5.78 Å². The second-order valence-electron chi connectivity index (χ2n) is 3.44. The Morgan fingerprint density at radius 1 is 1.36 bits per heavy atom. The van der Waals surface area contributed by atoms with Gasteiger partial charge in [-0.05, 0) is 25.9 Å².